The second kappa shape index (κ2) is 8.02. The summed E-state index contributed by atoms with van der Waals surface area (Å²) in [5.74, 6) is -1.47. The van der Waals surface area contributed by atoms with E-state index in [0.29, 0.717) is 22.4 Å². The Balaban J connectivity index is 1.68. The molecule has 0 aromatic heterocycles. The molecule has 1 aliphatic rings. The highest BCUT2D eigenvalue weighted by Gasteiger charge is 2.42. The fraction of sp³-hybridized carbons (Fsp3) is 0.0833. The number of hydrogen-bond acceptors (Lipinski definition) is 4. The number of amides is 3. The number of hydrogen-bond donors (Lipinski definition) is 1. The lowest BCUT2D eigenvalue weighted by atomic mass is 10.0. The molecule has 6 heteroatoms. The van der Waals surface area contributed by atoms with E-state index in [-0.39, 0.29) is 6.42 Å². The van der Waals surface area contributed by atoms with Gasteiger partial charge in [-0.05, 0) is 35.9 Å². The van der Waals surface area contributed by atoms with Gasteiger partial charge in [0.25, 0.3) is 11.8 Å². The predicted octanol–water partition coefficient (Wildman–Crippen LogP) is 3.40. The number of nitriles is 1. The lowest BCUT2D eigenvalue weighted by Gasteiger charge is -2.25. The fourth-order valence-corrected chi connectivity index (χ4v) is 3.52. The number of nitrogens with zero attached hydrogens (tertiary/aromatic N) is 2. The van der Waals surface area contributed by atoms with Crippen molar-refractivity contribution in [1.82, 2.24) is 4.90 Å². The average Bonchev–Trinajstić information content (AvgIpc) is 3.03. The Morgan fingerprint density at radius 2 is 1.53 bits per heavy atom. The highest BCUT2D eigenvalue weighted by Crippen LogP contribution is 2.26. The van der Waals surface area contributed by atoms with Crippen molar-refractivity contribution < 1.29 is 14.4 Å². The van der Waals surface area contributed by atoms with Gasteiger partial charge in [0.15, 0.2) is 0 Å². The minimum atomic E-state index is -1.04. The second-order valence-corrected chi connectivity index (χ2v) is 6.91. The molecular formula is C24H17N3O3. The van der Waals surface area contributed by atoms with Crippen molar-refractivity contribution in [3.05, 3.63) is 101 Å². The molecule has 0 bridgehead atoms. The molecule has 0 radical (unpaired) electrons. The first-order chi connectivity index (χ1) is 14.6. The summed E-state index contributed by atoms with van der Waals surface area (Å²) < 4.78 is 0. The van der Waals surface area contributed by atoms with Crippen molar-refractivity contribution in [3.8, 4) is 6.07 Å². The van der Waals surface area contributed by atoms with Gasteiger partial charge < -0.3 is 5.32 Å². The zero-order chi connectivity index (χ0) is 21.1. The van der Waals surface area contributed by atoms with Crippen LogP contribution in [0.1, 0.15) is 31.8 Å². The van der Waals surface area contributed by atoms with E-state index in [1.54, 1.807) is 48.5 Å². The third kappa shape index (κ3) is 3.56. The highest BCUT2D eigenvalue weighted by molar-refractivity contribution is 6.23. The van der Waals surface area contributed by atoms with E-state index in [9.17, 15) is 14.4 Å². The number of carbonyl (C=O) groups is 3. The first-order valence-electron chi connectivity index (χ1n) is 9.40. The van der Waals surface area contributed by atoms with Gasteiger partial charge in [-0.25, -0.2) is 0 Å². The molecule has 1 N–H and O–H groups in total. The number of imide groups is 1. The quantitative estimate of drug-likeness (QED) is 0.671. The van der Waals surface area contributed by atoms with Gasteiger partial charge in [-0.15, -0.1) is 0 Å². The molecule has 1 atom stereocenters. The fourth-order valence-electron chi connectivity index (χ4n) is 3.52. The first kappa shape index (κ1) is 19.1. The minimum absolute atomic E-state index is 0.177. The van der Waals surface area contributed by atoms with Crippen molar-refractivity contribution in [2.45, 2.75) is 12.5 Å². The maximum Gasteiger partial charge on any atom is 0.262 e. The Hall–Kier alpha value is -4.24. The molecule has 3 aromatic rings. The van der Waals surface area contributed by atoms with Gasteiger partial charge in [-0.2, -0.15) is 5.26 Å². The van der Waals surface area contributed by atoms with Gasteiger partial charge in [0.05, 0.1) is 22.8 Å². The van der Waals surface area contributed by atoms with Crippen molar-refractivity contribution in [2.24, 2.45) is 0 Å². The Morgan fingerprint density at radius 3 is 2.17 bits per heavy atom. The zero-order valence-electron chi connectivity index (χ0n) is 15.9. The molecule has 0 aliphatic carbocycles. The van der Waals surface area contributed by atoms with Crippen LogP contribution in [0.25, 0.3) is 0 Å². The van der Waals surface area contributed by atoms with Crippen LogP contribution in [0, 0.1) is 11.3 Å². The summed E-state index contributed by atoms with van der Waals surface area (Å²) in [6, 6.07) is 23.2. The summed E-state index contributed by atoms with van der Waals surface area (Å²) in [5.41, 5.74) is 2.22. The topological polar surface area (TPSA) is 90.3 Å². The van der Waals surface area contributed by atoms with Gasteiger partial charge in [0, 0.05) is 12.1 Å². The van der Waals surface area contributed by atoms with Crippen molar-refractivity contribution in [3.63, 3.8) is 0 Å². The van der Waals surface area contributed by atoms with E-state index in [0.717, 1.165) is 10.5 Å². The van der Waals surface area contributed by atoms with E-state index >= 15 is 0 Å². The normalized spacial score (nSPS) is 13.5. The van der Waals surface area contributed by atoms with Gasteiger partial charge in [-0.3, -0.25) is 19.3 Å². The van der Waals surface area contributed by atoms with Crippen LogP contribution >= 0.6 is 0 Å². The molecule has 30 heavy (non-hydrogen) atoms. The van der Waals surface area contributed by atoms with Crippen LogP contribution in [0.2, 0.25) is 0 Å². The standard InChI is InChI=1S/C24H17N3O3/c25-15-17-9-6-10-18(13-17)26-22(28)21(14-16-7-2-1-3-8-16)27-23(29)19-11-4-5-12-20(19)24(27)30/h1-13,21H,14H2,(H,26,28)/t21-/m0/s1. The molecule has 3 aromatic carbocycles. The molecular weight excluding hydrogens is 378 g/mol. The molecule has 1 aliphatic heterocycles. The van der Waals surface area contributed by atoms with Gasteiger partial charge >= 0.3 is 0 Å². The van der Waals surface area contributed by atoms with E-state index in [1.165, 1.54) is 0 Å². The third-order valence-electron chi connectivity index (χ3n) is 4.97. The van der Waals surface area contributed by atoms with Crippen LogP contribution in [0.15, 0.2) is 78.9 Å². The minimum Gasteiger partial charge on any atom is -0.324 e. The lowest BCUT2D eigenvalue weighted by molar-refractivity contribution is -0.119. The van der Waals surface area contributed by atoms with Crippen LogP contribution < -0.4 is 5.32 Å². The van der Waals surface area contributed by atoms with Crippen LogP contribution in [0.4, 0.5) is 5.69 Å². The lowest BCUT2D eigenvalue weighted by Crippen LogP contribution is -2.48. The largest absolute Gasteiger partial charge is 0.324 e. The number of fused-ring (bicyclic) bond motifs is 1. The van der Waals surface area contributed by atoms with Crippen molar-refractivity contribution in [1.29, 1.82) is 5.26 Å². The van der Waals surface area contributed by atoms with Crippen LogP contribution in [-0.4, -0.2) is 28.7 Å². The number of anilines is 1. The summed E-state index contributed by atoms with van der Waals surface area (Å²) in [7, 11) is 0. The van der Waals surface area contributed by atoms with Gasteiger partial charge in [0.2, 0.25) is 5.91 Å². The zero-order valence-corrected chi connectivity index (χ0v) is 15.9. The monoisotopic (exact) mass is 395 g/mol. The second-order valence-electron chi connectivity index (χ2n) is 6.91. The van der Waals surface area contributed by atoms with E-state index in [1.807, 2.05) is 36.4 Å². The van der Waals surface area contributed by atoms with E-state index in [2.05, 4.69) is 5.32 Å². The molecule has 3 amide bonds. The Morgan fingerprint density at radius 1 is 0.900 bits per heavy atom. The molecule has 0 spiro atoms. The Labute approximate surface area is 173 Å². The van der Waals surface area contributed by atoms with Crippen LogP contribution in [0.5, 0.6) is 0 Å². The average molecular weight is 395 g/mol. The number of nitrogens with one attached hydrogen (secondary N) is 1. The van der Waals surface area contributed by atoms with Crippen molar-refractivity contribution in [2.75, 3.05) is 5.32 Å². The van der Waals surface area contributed by atoms with Crippen LogP contribution in [0.3, 0.4) is 0 Å². The number of rotatable bonds is 5. The molecule has 6 nitrogen and oxygen atoms in total. The maximum absolute atomic E-state index is 13.2. The van der Waals surface area contributed by atoms with E-state index < -0.39 is 23.8 Å². The molecule has 0 saturated carbocycles. The SMILES string of the molecule is N#Cc1cccc(NC(=O)[C@H](Cc2ccccc2)N2C(=O)c3ccccc3C2=O)c1. The Kier molecular flexibility index (Phi) is 5.10. The van der Waals surface area contributed by atoms with E-state index in [4.69, 9.17) is 5.26 Å². The predicted molar refractivity (Wildman–Crippen MR) is 111 cm³/mol. The number of carbonyl (C=O) groups excluding carboxylic acids is 3. The first-order valence-corrected chi connectivity index (χ1v) is 9.40. The molecule has 4 rings (SSSR count). The molecule has 146 valence electrons. The summed E-state index contributed by atoms with van der Waals surface area (Å²) in [5, 5.41) is 11.8. The molecule has 0 saturated heterocycles. The van der Waals surface area contributed by atoms with Crippen LogP contribution in [-0.2, 0) is 11.2 Å². The number of benzene rings is 3. The molecule has 0 fully saturated rings. The Bertz CT molecular complexity index is 1150. The van der Waals surface area contributed by atoms with Gasteiger partial charge in [0.1, 0.15) is 6.04 Å². The summed E-state index contributed by atoms with van der Waals surface area (Å²) in [4.78, 5) is 40.2. The smallest absolute Gasteiger partial charge is 0.262 e. The molecule has 1 heterocycles. The third-order valence-corrected chi connectivity index (χ3v) is 4.97. The molecule has 0 unspecified atom stereocenters. The maximum atomic E-state index is 13.2. The summed E-state index contributed by atoms with van der Waals surface area (Å²) in [6.07, 6.45) is 0.177. The van der Waals surface area contributed by atoms with Gasteiger partial charge in [-0.1, -0.05) is 48.5 Å². The summed E-state index contributed by atoms with van der Waals surface area (Å²) >= 11 is 0. The summed E-state index contributed by atoms with van der Waals surface area (Å²) in [6.45, 7) is 0. The highest BCUT2D eigenvalue weighted by atomic mass is 16.2. The van der Waals surface area contributed by atoms with Crippen molar-refractivity contribution >= 4 is 23.4 Å².